The molecule has 4 heteroatoms. The van der Waals surface area contributed by atoms with Crippen molar-refractivity contribution in [2.24, 2.45) is 5.73 Å². The number of Topliss-reactive ketones (excluding diaryl/α,β-unsaturated/α-hetero) is 1. The van der Waals surface area contributed by atoms with Gasteiger partial charge in [-0.25, -0.2) is 0 Å². The van der Waals surface area contributed by atoms with Crippen molar-refractivity contribution in [1.29, 1.82) is 0 Å². The van der Waals surface area contributed by atoms with E-state index in [1.165, 1.54) is 0 Å². The molecule has 0 radical (unpaired) electrons. The highest BCUT2D eigenvalue weighted by Crippen LogP contribution is 2.20. The molecule has 0 aliphatic heterocycles. The molecule has 0 aromatic heterocycles. The van der Waals surface area contributed by atoms with Gasteiger partial charge in [-0.15, -0.1) is 0 Å². The van der Waals surface area contributed by atoms with Crippen LogP contribution in [0, 0.1) is 0 Å². The Balaban J connectivity index is 2.71. The molecule has 1 aromatic rings. The Labute approximate surface area is 108 Å². The van der Waals surface area contributed by atoms with Crippen LogP contribution in [0.25, 0.3) is 0 Å². The van der Waals surface area contributed by atoms with Gasteiger partial charge in [0.2, 0.25) is 0 Å². The number of rotatable bonds is 8. The van der Waals surface area contributed by atoms with Gasteiger partial charge in [0.15, 0.2) is 5.78 Å². The third kappa shape index (κ3) is 4.47. The van der Waals surface area contributed by atoms with Gasteiger partial charge in [-0.3, -0.25) is 4.79 Å². The Morgan fingerprint density at radius 1 is 1.33 bits per heavy atom. The average molecular weight is 251 g/mol. The smallest absolute Gasteiger partial charge is 0.168 e. The van der Waals surface area contributed by atoms with Crippen molar-refractivity contribution in [3.8, 4) is 5.75 Å². The zero-order valence-electron chi connectivity index (χ0n) is 11.0. The molecule has 0 amide bonds. The van der Waals surface area contributed by atoms with Crippen molar-refractivity contribution in [2.75, 3.05) is 20.3 Å². The molecule has 2 N–H and O–H groups in total. The van der Waals surface area contributed by atoms with Crippen molar-refractivity contribution >= 4 is 5.78 Å². The molecular formula is C14H21NO3. The standard InChI is InChI=1S/C14H21NO3/c1-3-11(15)10-13(16)12-6-4-5-7-14(12)18-9-8-17-2/h4-7,11H,3,8-10,15H2,1-2H3. The van der Waals surface area contributed by atoms with Crippen LogP contribution in [0.15, 0.2) is 24.3 Å². The first-order valence-corrected chi connectivity index (χ1v) is 6.18. The summed E-state index contributed by atoms with van der Waals surface area (Å²) in [5.41, 5.74) is 6.40. The fourth-order valence-electron chi connectivity index (χ4n) is 1.55. The molecule has 0 bridgehead atoms. The molecule has 1 atom stereocenters. The molecule has 0 spiro atoms. The van der Waals surface area contributed by atoms with Crippen LogP contribution >= 0.6 is 0 Å². The quantitative estimate of drug-likeness (QED) is 0.567. The maximum atomic E-state index is 12.1. The summed E-state index contributed by atoms with van der Waals surface area (Å²) in [5, 5.41) is 0. The predicted octanol–water partition coefficient (Wildman–Crippen LogP) is 2.02. The zero-order valence-corrected chi connectivity index (χ0v) is 11.0. The largest absolute Gasteiger partial charge is 0.490 e. The van der Waals surface area contributed by atoms with Crippen molar-refractivity contribution in [3.05, 3.63) is 29.8 Å². The van der Waals surface area contributed by atoms with Crippen molar-refractivity contribution in [3.63, 3.8) is 0 Å². The molecule has 1 aromatic carbocycles. The summed E-state index contributed by atoms with van der Waals surface area (Å²) in [4.78, 5) is 12.1. The molecular weight excluding hydrogens is 230 g/mol. The fraction of sp³-hybridized carbons (Fsp3) is 0.500. The molecule has 0 aliphatic carbocycles. The van der Waals surface area contributed by atoms with Gasteiger partial charge in [-0.2, -0.15) is 0 Å². The monoisotopic (exact) mass is 251 g/mol. The SMILES string of the molecule is CCC(N)CC(=O)c1ccccc1OCCOC. The van der Waals surface area contributed by atoms with E-state index in [0.29, 0.717) is 30.9 Å². The maximum absolute atomic E-state index is 12.1. The Hall–Kier alpha value is -1.39. The second-order valence-electron chi connectivity index (χ2n) is 4.13. The van der Waals surface area contributed by atoms with E-state index in [0.717, 1.165) is 6.42 Å². The van der Waals surface area contributed by atoms with Gasteiger partial charge in [0.25, 0.3) is 0 Å². The van der Waals surface area contributed by atoms with Crippen molar-refractivity contribution < 1.29 is 14.3 Å². The van der Waals surface area contributed by atoms with Crippen LogP contribution in [0.5, 0.6) is 5.75 Å². The summed E-state index contributed by atoms with van der Waals surface area (Å²) >= 11 is 0. The van der Waals surface area contributed by atoms with E-state index < -0.39 is 0 Å². The molecule has 0 heterocycles. The van der Waals surface area contributed by atoms with E-state index in [4.69, 9.17) is 15.2 Å². The second kappa shape index (κ2) is 7.84. The van der Waals surface area contributed by atoms with Gasteiger partial charge in [0.1, 0.15) is 12.4 Å². The maximum Gasteiger partial charge on any atom is 0.168 e. The lowest BCUT2D eigenvalue weighted by Gasteiger charge is -2.12. The van der Waals surface area contributed by atoms with E-state index in [2.05, 4.69) is 0 Å². The number of hydrogen-bond acceptors (Lipinski definition) is 4. The normalized spacial score (nSPS) is 12.2. The summed E-state index contributed by atoms with van der Waals surface area (Å²) in [6.07, 6.45) is 1.14. The lowest BCUT2D eigenvalue weighted by Crippen LogP contribution is -2.23. The van der Waals surface area contributed by atoms with Gasteiger partial charge in [0, 0.05) is 19.6 Å². The highest BCUT2D eigenvalue weighted by molar-refractivity contribution is 5.98. The summed E-state index contributed by atoms with van der Waals surface area (Å²) in [5.74, 6) is 0.625. The molecule has 1 rings (SSSR count). The molecule has 0 aliphatic rings. The van der Waals surface area contributed by atoms with Crippen LogP contribution in [0.4, 0.5) is 0 Å². The minimum Gasteiger partial charge on any atom is -0.490 e. The number of hydrogen-bond donors (Lipinski definition) is 1. The van der Waals surface area contributed by atoms with Gasteiger partial charge in [-0.1, -0.05) is 19.1 Å². The Bertz CT molecular complexity index is 379. The number of benzene rings is 1. The molecule has 18 heavy (non-hydrogen) atoms. The van der Waals surface area contributed by atoms with E-state index in [1.54, 1.807) is 19.2 Å². The molecule has 0 saturated heterocycles. The van der Waals surface area contributed by atoms with Crippen LogP contribution in [-0.2, 0) is 4.74 Å². The van der Waals surface area contributed by atoms with Gasteiger partial charge in [-0.05, 0) is 18.6 Å². The number of nitrogens with two attached hydrogens (primary N) is 1. The first kappa shape index (κ1) is 14.7. The van der Waals surface area contributed by atoms with E-state index in [9.17, 15) is 4.79 Å². The Morgan fingerprint density at radius 3 is 2.72 bits per heavy atom. The third-order valence-corrected chi connectivity index (χ3v) is 2.70. The van der Waals surface area contributed by atoms with Crippen LogP contribution in [0.3, 0.4) is 0 Å². The molecule has 100 valence electrons. The van der Waals surface area contributed by atoms with Gasteiger partial charge in [0.05, 0.1) is 12.2 Å². The van der Waals surface area contributed by atoms with Crippen LogP contribution in [0.2, 0.25) is 0 Å². The molecule has 0 fully saturated rings. The molecule has 4 nitrogen and oxygen atoms in total. The van der Waals surface area contributed by atoms with Gasteiger partial charge >= 0.3 is 0 Å². The second-order valence-corrected chi connectivity index (χ2v) is 4.13. The highest BCUT2D eigenvalue weighted by atomic mass is 16.5. The third-order valence-electron chi connectivity index (χ3n) is 2.70. The lowest BCUT2D eigenvalue weighted by molar-refractivity contribution is 0.0966. The Kier molecular flexibility index (Phi) is 6.39. The van der Waals surface area contributed by atoms with Crippen LogP contribution in [0.1, 0.15) is 30.1 Å². The number of ketones is 1. The van der Waals surface area contributed by atoms with E-state index in [-0.39, 0.29) is 11.8 Å². The number of carbonyl (C=O) groups is 1. The van der Waals surface area contributed by atoms with Crippen LogP contribution < -0.4 is 10.5 Å². The molecule has 1 unspecified atom stereocenters. The number of carbonyl (C=O) groups excluding carboxylic acids is 1. The van der Waals surface area contributed by atoms with Crippen LogP contribution in [-0.4, -0.2) is 32.1 Å². The van der Waals surface area contributed by atoms with E-state index in [1.807, 2.05) is 19.1 Å². The average Bonchev–Trinajstić information content (AvgIpc) is 2.39. The minimum absolute atomic E-state index is 0.0253. The first-order valence-electron chi connectivity index (χ1n) is 6.18. The molecule has 0 saturated carbocycles. The topological polar surface area (TPSA) is 61.6 Å². The van der Waals surface area contributed by atoms with Crippen molar-refractivity contribution in [1.82, 2.24) is 0 Å². The Morgan fingerprint density at radius 2 is 2.06 bits per heavy atom. The minimum atomic E-state index is -0.0930. The predicted molar refractivity (Wildman–Crippen MR) is 71.0 cm³/mol. The van der Waals surface area contributed by atoms with Gasteiger partial charge < -0.3 is 15.2 Å². The highest BCUT2D eigenvalue weighted by Gasteiger charge is 2.14. The van der Waals surface area contributed by atoms with Crippen molar-refractivity contribution in [2.45, 2.75) is 25.8 Å². The number of methoxy groups -OCH3 is 1. The summed E-state index contributed by atoms with van der Waals surface area (Å²) in [6, 6.07) is 7.14. The van der Waals surface area contributed by atoms with E-state index >= 15 is 0 Å². The lowest BCUT2D eigenvalue weighted by atomic mass is 10.0. The summed E-state index contributed by atoms with van der Waals surface area (Å²) < 4.78 is 10.4. The fourth-order valence-corrected chi connectivity index (χ4v) is 1.55. The first-order chi connectivity index (χ1) is 8.69. The summed E-state index contributed by atoms with van der Waals surface area (Å²) in [6.45, 7) is 2.90. The summed E-state index contributed by atoms with van der Waals surface area (Å²) in [7, 11) is 1.61. The number of ether oxygens (including phenoxy) is 2. The number of para-hydroxylation sites is 1. The zero-order chi connectivity index (χ0) is 13.4.